The van der Waals surface area contributed by atoms with Crippen LogP contribution < -0.4 is 5.32 Å². The van der Waals surface area contributed by atoms with Crippen molar-refractivity contribution in [3.63, 3.8) is 0 Å². The van der Waals surface area contributed by atoms with E-state index in [-0.39, 0.29) is 5.75 Å². The first-order valence-corrected chi connectivity index (χ1v) is 5.15. The van der Waals surface area contributed by atoms with E-state index < -0.39 is 11.7 Å². The Morgan fingerprint density at radius 3 is 2.65 bits per heavy atom. The zero-order chi connectivity index (χ0) is 13.1. The van der Waals surface area contributed by atoms with Gasteiger partial charge in [0.25, 0.3) is 0 Å². The van der Waals surface area contributed by atoms with Crippen LogP contribution in [0.3, 0.4) is 0 Å². The molecule has 0 aliphatic rings. The van der Waals surface area contributed by atoms with Gasteiger partial charge in [0.05, 0.1) is 0 Å². The van der Waals surface area contributed by atoms with Crippen LogP contribution in [-0.2, 0) is 4.74 Å². The van der Waals surface area contributed by atoms with Crippen molar-refractivity contribution >= 4 is 18.0 Å². The first-order valence-electron chi connectivity index (χ1n) is 5.15. The lowest BCUT2D eigenvalue weighted by Crippen LogP contribution is -2.27. The smallest absolute Gasteiger partial charge is 0.412 e. The molecule has 0 aromatic heterocycles. The number of anilines is 1. The van der Waals surface area contributed by atoms with Gasteiger partial charge in [-0.05, 0) is 39.0 Å². The molecule has 1 rings (SSSR count). The van der Waals surface area contributed by atoms with Crippen LogP contribution in [0.25, 0.3) is 0 Å². The quantitative estimate of drug-likeness (QED) is 0.545. The monoisotopic (exact) mass is 236 g/mol. The number of aromatic hydroxyl groups is 1. The fraction of sp³-hybridized carbons (Fsp3) is 0.333. The number of benzene rings is 1. The molecule has 0 fully saturated rings. The molecule has 92 valence electrons. The van der Waals surface area contributed by atoms with E-state index in [1.165, 1.54) is 18.2 Å². The highest BCUT2D eigenvalue weighted by molar-refractivity contribution is 5.88. The van der Waals surface area contributed by atoms with Crippen LogP contribution in [0.5, 0.6) is 5.75 Å². The third kappa shape index (κ3) is 4.14. The first kappa shape index (κ1) is 13.0. The van der Waals surface area contributed by atoms with Crippen molar-refractivity contribution in [2.24, 2.45) is 0 Å². The van der Waals surface area contributed by atoms with Crippen LogP contribution in [0.2, 0.25) is 0 Å². The standard InChI is InChI=1S/C12H16N2O3/c1-12(2,3)17-11(16)14-9-4-5-10(15)8(6-9)7-13/h4-7,13,15H,1-3H3,(H,14,16). The molecule has 0 atom stereocenters. The van der Waals surface area contributed by atoms with Crippen molar-refractivity contribution in [3.05, 3.63) is 23.8 Å². The number of phenols is 1. The van der Waals surface area contributed by atoms with Crippen molar-refractivity contribution in [3.8, 4) is 5.75 Å². The third-order valence-corrected chi connectivity index (χ3v) is 1.83. The summed E-state index contributed by atoms with van der Waals surface area (Å²) in [6, 6.07) is 4.44. The van der Waals surface area contributed by atoms with Crippen molar-refractivity contribution < 1.29 is 14.6 Å². The van der Waals surface area contributed by atoms with Crippen LogP contribution in [0.4, 0.5) is 10.5 Å². The molecule has 1 aromatic carbocycles. The molecule has 5 heteroatoms. The summed E-state index contributed by atoms with van der Waals surface area (Å²) in [5.41, 5.74) is 0.236. The number of hydrogen-bond donors (Lipinski definition) is 3. The predicted molar refractivity (Wildman–Crippen MR) is 65.8 cm³/mol. The van der Waals surface area contributed by atoms with Crippen LogP contribution >= 0.6 is 0 Å². The second-order valence-electron chi connectivity index (χ2n) is 4.54. The van der Waals surface area contributed by atoms with Crippen molar-refractivity contribution in [1.29, 1.82) is 5.41 Å². The summed E-state index contributed by atoms with van der Waals surface area (Å²) in [7, 11) is 0. The van der Waals surface area contributed by atoms with Gasteiger partial charge in [0.15, 0.2) is 0 Å². The predicted octanol–water partition coefficient (Wildman–Crippen LogP) is 2.74. The van der Waals surface area contributed by atoms with Gasteiger partial charge >= 0.3 is 6.09 Å². The Kier molecular flexibility index (Phi) is 3.73. The lowest BCUT2D eigenvalue weighted by molar-refractivity contribution is 0.0636. The highest BCUT2D eigenvalue weighted by Crippen LogP contribution is 2.20. The van der Waals surface area contributed by atoms with E-state index >= 15 is 0 Å². The summed E-state index contributed by atoms with van der Waals surface area (Å²) in [5, 5.41) is 19.0. The molecule has 0 saturated heterocycles. The fourth-order valence-electron chi connectivity index (χ4n) is 1.17. The normalized spacial score (nSPS) is 10.8. The molecule has 17 heavy (non-hydrogen) atoms. The van der Waals surface area contributed by atoms with Crippen molar-refractivity contribution in [2.75, 3.05) is 5.32 Å². The highest BCUT2D eigenvalue weighted by atomic mass is 16.6. The molecule has 1 amide bonds. The van der Waals surface area contributed by atoms with Crippen LogP contribution in [0.1, 0.15) is 26.3 Å². The number of phenolic OH excluding ortho intramolecular Hbond substituents is 1. The first-order chi connectivity index (χ1) is 7.81. The summed E-state index contributed by atoms with van der Waals surface area (Å²) in [4.78, 5) is 11.5. The van der Waals surface area contributed by atoms with Crippen LogP contribution in [0.15, 0.2) is 18.2 Å². The maximum Gasteiger partial charge on any atom is 0.412 e. The summed E-state index contributed by atoms with van der Waals surface area (Å²) in [6.07, 6.45) is 0.439. The largest absolute Gasteiger partial charge is 0.507 e. The maximum atomic E-state index is 11.5. The summed E-state index contributed by atoms with van der Waals surface area (Å²) >= 11 is 0. The number of nitrogens with one attached hydrogen (secondary N) is 2. The molecular formula is C12H16N2O3. The van der Waals surface area contributed by atoms with Gasteiger partial charge in [-0.3, -0.25) is 5.32 Å². The van der Waals surface area contributed by atoms with Gasteiger partial charge in [0, 0.05) is 17.5 Å². The van der Waals surface area contributed by atoms with Gasteiger partial charge in [-0.2, -0.15) is 0 Å². The van der Waals surface area contributed by atoms with E-state index in [1.54, 1.807) is 20.8 Å². The molecule has 5 nitrogen and oxygen atoms in total. The van der Waals surface area contributed by atoms with Gasteiger partial charge < -0.3 is 15.3 Å². The number of ether oxygens (including phenoxy) is 1. The molecule has 0 unspecified atom stereocenters. The van der Waals surface area contributed by atoms with Gasteiger partial charge in [-0.15, -0.1) is 0 Å². The van der Waals surface area contributed by atoms with Crippen LogP contribution in [0, 0.1) is 5.41 Å². The summed E-state index contributed by atoms with van der Waals surface area (Å²) < 4.78 is 5.08. The Labute approximate surface area is 99.9 Å². The van der Waals surface area contributed by atoms with Gasteiger partial charge in [0.2, 0.25) is 0 Å². The fourth-order valence-corrected chi connectivity index (χ4v) is 1.17. The Morgan fingerprint density at radius 1 is 1.47 bits per heavy atom. The van der Waals surface area contributed by atoms with E-state index in [0.29, 0.717) is 11.3 Å². The van der Waals surface area contributed by atoms with E-state index in [1.807, 2.05) is 0 Å². The SMILES string of the molecule is CC(C)(C)OC(=O)Nc1ccc(O)c(C=N)c1. The number of hydrogen-bond acceptors (Lipinski definition) is 4. The second-order valence-corrected chi connectivity index (χ2v) is 4.54. The lowest BCUT2D eigenvalue weighted by atomic mass is 10.2. The van der Waals surface area contributed by atoms with Gasteiger partial charge in [-0.1, -0.05) is 0 Å². The van der Waals surface area contributed by atoms with E-state index in [0.717, 1.165) is 6.21 Å². The Morgan fingerprint density at radius 2 is 2.12 bits per heavy atom. The third-order valence-electron chi connectivity index (χ3n) is 1.83. The Hall–Kier alpha value is -2.04. The molecule has 0 saturated carbocycles. The minimum atomic E-state index is -0.570. The highest BCUT2D eigenvalue weighted by Gasteiger charge is 2.16. The molecule has 1 aromatic rings. The van der Waals surface area contributed by atoms with Gasteiger partial charge in [-0.25, -0.2) is 4.79 Å². The zero-order valence-corrected chi connectivity index (χ0v) is 10.1. The number of carbonyl (C=O) groups is 1. The van der Waals surface area contributed by atoms with E-state index in [4.69, 9.17) is 10.1 Å². The minimum absolute atomic E-state index is 0.00487. The average Bonchev–Trinajstić information content (AvgIpc) is 2.18. The Bertz CT molecular complexity index is 436. The Balaban J connectivity index is 2.75. The number of carbonyl (C=O) groups excluding carboxylic acids is 1. The lowest BCUT2D eigenvalue weighted by Gasteiger charge is -2.19. The molecular weight excluding hydrogens is 220 g/mol. The average molecular weight is 236 g/mol. The topological polar surface area (TPSA) is 82.4 Å². The van der Waals surface area contributed by atoms with E-state index in [9.17, 15) is 9.90 Å². The molecule has 0 spiro atoms. The molecule has 0 aliphatic carbocycles. The maximum absolute atomic E-state index is 11.5. The molecule has 0 aliphatic heterocycles. The van der Waals surface area contributed by atoms with E-state index in [2.05, 4.69) is 5.32 Å². The molecule has 0 bridgehead atoms. The van der Waals surface area contributed by atoms with Crippen molar-refractivity contribution in [2.45, 2.75) is 26.4 Å². The van der Waals surface area contributed by atoms with Gasteiger partial charge in [0.1, 0.15) is 11.4 Å². The van der Waals surface area contributed by atoms with Crippen LogP contribution in [-0.4, -0.2) is 23.0 Å². The summed E-state index contributed by atoms with van der Waals surface area (Å²) in [5.74, 6) is -0.00487. The molecule has 3 N–H and O–H groups in total. The van der Waals surface area contributed by atoms with Crippen molar-refractivity contribution in [1.82, 2.24) is 0 Å². The minimum Gasteiger partial charge on any atom is -0.507 e. The second kappa shape index (κ2) is 4.86. The molecule has 0 heterocycles. The molecule has 0 radical (unpaired) electrons. The summed E-state index contributed by atoms with van der Waals surface area (Å²) in [6.45, 7) is 5.31. The number of amides is 1. The zero-order valence-electron chi connectivity index (χ0n) is 10.1. The number of rotatable bonds is 2.